The Labute approximate surface area is 25.3 Å². The second-order valence-corrected chi connectivity index (χ2v) is 0.289. The van der Waals surface area contributed by atoms with E-state index in [0.717, 1.165) is 0 Å². The van der Waals surface area contributed by atoms with E-state index in [0.29, 0.717) is 0 Å². The fraction of sp³-hybridized carbons (Fsp3) is 0. The number of hydrogen-bond donors (Lipinski definition) is 0. The Bertz CT molecular complexity index is 41.2. The van der Waals surface area contributed by atoms with Crippen LogP contribution in [0.25, 0.3) is 0 Å². The molecule has 0 saturated carbocycles. The summed E-state index contributed by atoms with van der Waals surface area (Å²) >= 11 is 0. The van der Waals surface area contributed by atoms with Crippen molar-refractivity contribution in [3.05, 3.63) is 13.7 Å². The Kier molecular flexibility index (Phi) is 1.93. The Balaban J connectivity index is 3.11. The van der Waals surface area contributed by atoms with Gasteiger partial charge in [-0.05, 0) is 0 Å². The largest absolute Gasteiger partial charge is 0.360 e. The average molecular weight is 56.1 g/mol. The first-order valence-electron chi connectivity index (χ1n) is 0.846. The van der Waals surface area contributed by atoms with Crippen LogP contribution in [-0.2, 0) is 4.42 Å². The summed E-state index contributed by atoms with van der Waals surface area (Å²) in [4.78, 5) is 0. The van der Waals surface area contributed by atoms with Gasteiger partial charge in [0.1, 0.15) is 13.1 Å². The van der Waals surface area contributed by atoms with Crippen LogP contribution in [0.2, 0.25) is 0 Å². The van der Waals surface area contributed by atoms with Gasteiger partial charge in [-0.15, -0.1) is 0 Å². The highest BCUT2D eigenvalue weighted by Gasteiger charge is 1.23. The van der Waals surface area contributed by atoms with Gasteiger partial charge in [-0.1, -0.05) is 6.58 Å². The minimum Gasteiger partial charge on any atom is -0.360 e. The SMILES string of the molecule is C=C=[O+][CH2-]. The van der Waals surface area contributed by atoms with Crippen molar-refractivity contribution < 1.29 is 4.42 Å². The van der Waals surface area contributed by atoms with Gasteiger partial charge in [0, 0.05) is 0 Å². The molecule has 0 aliphatic heterocycles. The third-order valence-electron chi connectivity index (χ3n) is 0.102. The first kappa shape index (κ1) is 3.32. The van der Waals surface area contributed by atoms with Gasteiger partial charge >= 0.3 is 0 Å². The monoisotopic (exact) mass is 56.0 g/mol. The Hall–Kier alpha value is -0.680. The van der Waals surface area contributed by atoms with Crippen LogP contribution in [0, 0.1) is 7.11 Å². The molecule has 0 atom stereocenters. The van der Waals surface area contributed by atoms with E-state index in [4.69, 9.17) is 0 Å². The molecule has 0 radical (unpaired) electrons. The van der Waals surface area contributed by atoms with Crippen molar-refractivity contribution in [2.75, 3.05) is 0 Å². The molecule has 0 aromatic heterocycles. The van der Waals surface area contributed by atoms with Gasteiger partial charge in [0.15, 0.2) is 0 Å². The van der Waals surface area contributed by atoms with Crippen molar-refractivity contribution in [3.8, 4) is 0 Å². The second-order valence-electron chi connectivity index (χ2n) is 0.289. The van der Waals surface area contributed by atoms with Crippen molar-refractivity contribution in [3.63, 3.8) is 0 Å². The maximum absolute atomic E-state index is 3.93. The highest BCUT2D eigenvalue weighted by molar-refractivity contribution is 5.39. The highest BCUT2D eigenvalue weighted by Crippen LogP contribution is 1.23. The number of rotatable bonds is 0. The number of hydrogen-bond acceptors (Lipinski definition) is 0. The molecule has 0 rings (SSSR count). The van der Waals surface area contributed by atoms with Gasteiger partial charge in [0.25, 0.3) is 0 Å². The molecule has 4 heavy (non-hydrogen) atoms. The Morgan fingerprint density at radius 3 is 2.25 bits per heavy atom. The van der Waals surface area contributed by atoms with E-state index in [2.05, 4.69) is 24.1 Å². The first-order valence-corrected chi connectivity index (χ1v) is 0.846. The molecular formula is C3H4O. The third-order valence-corrected chi connectivity index (χ3v) is 0.102. The summed E-state index contributed by atoms with van der Waals surface area (Å²) < 4.78 is 3.93. The molecular weight excluding hydrogens is 52.0 g/mol. The van der Waals surface area contributed by atoms with Crippen LogP contribution >= 0.6 is 0 Å². The topological polar surface area (TPSA) is 11.3 Å². The van der Waals surface area contributed by atoms with Crippen molar-refractivity contribution in [1.82, 2.24) is 0 Å². The van der Waals surface area contributed by atoms with Gasteiger partial charge in [-0.3, -0.25) is 0 Å². The predicted molar refractivity (Wildman–Crippen MR) is 16.7 cm³/mol. The van der Waals surface area contributed by atoms with Crippen LogP contribution in [0.5, 0.6) is 0 Å². The fourth-order valence-electron chi connectivity index (χ4n) is 0. The van der Waals surface area contributed by atoms with Crippen LogP contribution in [0.3, 0.4) is 0 Å². The molecule has 0 spiro atoms. The molecule has 0 unspecified atom stereocenters. The van der Waals surface area contributed by atoms with Gasteiger partial charge in [-0.2, -0.15) is 0 Å². The first-order chi connectivity index (χ1) is 1.91. The predicted octanol–water partition coefficient (Wildman–Crippen LogP) is 0.331. The summed E-state index contributed by atoms with van der Waals surface area (Å²) in [6.45, 7) is 3.07. The molecule has 1 heteroatoms. The Morgan fingerprint density at radius 2 is 2.25 bits per heavy atom. The fourth-order valence-corrected chi connectivity index (χ4v) is 0. The van der Waals surface area contributed by atoms with Gasteiger partial charge in [-0.25, -0.2) is 0 Å². The summed E-state index contributed by atoms with van der Waals surface area (Å²) in [6.07, 6.45) is 0. The smallest absolute Gasteiger partial charge is 0.145 e. The molecule has 0 amide bonds. The summed E-state index contributed by atoms with van der Waals surface area (Å²) in [6, 6.07) is 0. The lowest BCUT2D eigenvalue weighted by Crippen LogP contribution is -1.41. The lowest BCUT2D eigenvalue weighted by Gasteiger charge is -1.43. The van der Waals surface area contributed by atoms with Crippen molar-refractivity contribution in [1.29, 1.82) is 0 Å². The molecule has 0 aliphatic carbocycles. The summed E-state index contributed by atoms with van der Waals surface area (Å²) in [7, 11) is 2.93. The van der Waals surface area contributed by atoms with E-state index < -0.39 is 0 Å². The van der Waals surface area contributed by atoms with Crippen LogP contribution in [0.15, 0.2) is 6.58 Å². The van der Waals surface area contributed by atoms with Crippen molar-refractivity contribution in [2.24, 2.45) is 0 Å². The zero-order valence-electron chi connectivity index (χ0n) is 2.32. The van der Waals surface area contributed by atoms with E-state index in [1.165, 1.54) is 0 Å². The van der Waals surface area contributed by atoms with E-state index in [-0.39, 0.29) is 0 Å². The van der Waals surface area contributed by atoms with Crippen molar-refractivity contribution >= 4 is 5.94 Å². The molecule has 0 bridgehead atoms. The van der Waals surface area contributed by atoms with Gasteiger partial charge in [0.05, 0.1) is 0 Å². The van der Waals surface area contributed by atoms with Crippen LogP contribution in [0.4, 0.5) is 0 Å². The lowest BCUT2D eigenvalue weighted by atomic mass is 11.2. The van der Waals surface area contributed by atoms with E-state index in [9.17, 15) is 0 Å². The third kappa shape index (κ3) is 1.32. The molecule has 22 valence electrons. The molecule has 0 heterocycles. The molecule has 0 aliphatic rings. The average Bonchev–Trinajstić information content (AvgIpc) is 1.37. The maximum atomic E-state index is 3.93. The molecule has 0 aromatic rings. The summed E-state index contributed by atoms with van der Waals surface area (Å²) in [5.41, 5.74) is 0. The van der Waals surface area contributed by atoms with Gasteiger partial charge < -0.3 is 4.42 Å². The summed E-state index contributed by atoms with van der Waals surface area (Å²) in [5, 5.41) is 0. The molecule has 0 N–H and O–H groups in total. The maximum Gasteiger partial charge on any atom is 0.145 e. The zero-order chi connectivity index (χ0) is 3.41. The normalized spacial score (nSPS) is 4.00. The van der Waals surface area contributed by atoms with E-state index >= 15 is 0 Å². The van der Waals surface area contributed by atoms with Crippen molar-refractivity contribution in [2.45, 2.75) is 0 Å². The van der Waals surface area contributed by atoms with Crippen LogP contribution in [-0.4, -0.2) is 5.94 Å². The lowest BCUT2D eigenvalue weighted by molar-refractivity contribution is 0.245. The molecule has 1 nitrogen and oxygen atoms in total. The summed E-state index contributed by atoms with van der Waals surface area (Å²) in [5.74, 6) is 2.07. The quantitative estimate of drug-likeness (QED) is 0.215. The highest BCUT2D eigenvalue weighted by atomic mass is 16.3. The second kappa shape index (κ2) is 2.32. The van der Waals surface area contributed by atoms with E-state index in [1.54, 1.807) is 0 Å². The van der Waals surface area contributed by atoms with Crippen LogP contribution < -0.4 is 0 Å². The zero-order valence-corrected chi connectivity index (χ0v) is 2.32. The minimum atomic E-state index is 2.07. The van der Waals surface area contributed by atoms with Gasteiger partial charge in [0.2, 0.25) is 0 Å². The molecule has 0 saturated heterocycles. The van der Waals surface area contributed by atoms with Crippen LogP contribution in [0.1, 0.15) is 0 Å². The minimum absolute atomic E-state index is 2.07. The number of carbonyl (C=O) groups excluding carboxylic acids is 1. The van der Waals surface area contributed by atoms with E-state index in [1.807, 2.05) is 0 Å². The molecule has 0 aromatic carbocycles. The standard InChI is InChI=1S/C3H4O/c1-3-4-2/h1-2H2. The molecule has 0 fully saturated rings. The Morgan fingerprint density at radius 1 is 2.00 bits per heavy atom.